The number of hydrogen-bond acceptors (Lipinski definition) is 4. The van der Waals surface area contributed by atoms with Crippen LogP contribution in [0.2, 0.25) is 0 Å². The number of benzene rings is 1. The summed E-state index contributed by atoms with van der Waals surface area (Å²) in [5.74, 6) is 0.159. The van der Waals surface area contributed by atoms with E-state index in [2.05, 4.69) is 10.1 Å². The zero-order valence-corrected chi connectivity index (χ0v) is 11.6. The number of halogens is 2. The number of nitrogens with one attached hydrogen (secondary N) is 1. The second-order valence-electron chi connectivity index (χ2n) is 4.25. The van der Waals surface area contributed by atoms with E-state index in [1.54, 1.807) is 12.1 Å². The number of sulfone groups is 1. The van der Waals surface area contributed by atoms with E-state index < -0.39 is 16.4 Å². The third kappa shape index (κ3) is 6.49. The first-order valence-corrected chi connectivity index (χ1v) is 7.80. The van der Waals surface area contributed by atoms with Crippen LogP contribution in [0, 0.1) is 0 Å². The quantitative estimate of drug-likeness (QED) is 0.835. The SMILES string of the molecule is CC(NCCS(C)(=O)=O)c1ccc(OC(F)F)cc1. The van der Waals surface area contributed by atoms with Gasteiger partial charge in [0.05, 0.1) is 5.75 Å². The summed E-state index contributed by atoms with van der Waals surface area (Å²) in [4.78, 5) is 0. The topological polar surface area (TPSA) is 55.4 Å². The van der Waals surface area contributed by atoms with Crippen LogP contribution in [0.1, 0.15) is 18.5 Å². The van der Waals surface area contributed by atoms with Crippen LogP contribution in [0.5, 0.6) is 5.75 Å². The normalized spacial score (nSPS) is 13.5. The lowest BCUT2D eigenvalue weighted by atomic mass is 10.1. The Kier molecular flexibility index (Phi) is 5.68. The van der Waals surface area contributed by atoms with Gasteiger partial charge in [-0.3, -0.25) is 0 Å². The second kappa shape index (κ2) is 6.81. The van der Waals surface area contributed by atoms with Crippen LogP contribution < -0.4 is 10.1 Å². The lowest BCUT2D eigenvalue weighted by Crippen LogP contribution is -2.25. The van der Waals surface area contributed by atoms with Gasteiger partial charge in [-0.1, -0.05) is 12.1 Å². The molecule has 0 aliphatic heterocycles. The van der Waals surface area contributed by atoms with Crippen molar-refractivity contribution in [2.75, 3.05) is 18.6 Å². The second-order valence-corrected chi connectivity index (χ2v) is 6.51. The van der Waals surface area contributed by atoms with Gasteiger partial charge in [0.2, 0.25) is 0 Å². The molecule has 19 heavy (non-hydrogen) atoms. The van der Waals surface area contributed by atoms with E-state index in [1.807, 2.05) is 6.92 Å². The molecule has 0 fully saturated rings. The Bertz CT molecular complexity index is 488. The molecular weight excluding hydrogens is 276 g/mol. The van der Waals surface area contributed by atoms with Gasteiger partial charge in [-0.15, -0.1) is 0 Å². The lowest BCUT2D eigenvalue weighted by Gasteiger charge is -2.14. The van der Waals surface area contributed by atoms with Crippen LogP contribution in [0.3, 0.4) is 0 Å². The van der Waals surface area contributed by atoms with Crippen LogP contribution in [0.15, 0.2) is 24.3 Å². The van der Waals surface area contributed by atoms with Crippen molar-refractivity contribution >= 4 is 9.84 Å². The molecule has 108 valence electrons. The van der Waals surface area contributed by atoms with Crippen LogP contribution in [0.25, 0.3) is 0 Å². The van der Waals surface area contributed by atoms with Crippen LogP contribution in [0.4, 0.5) is 8.78 Å². The fourth-order valence-electron chi connectivity index (χ4n) is 1.52. The Morgan fingerprint density at radius 3 is 2.32 bits per heavy atom. The predicted molar refractivity (Wildman–Crippen MR) is 69.2 cm³/mol. The van der Waals surface area contributed by atoms with Crippen LogP contribution in [-0.4, -0.2) is 33.6 Å². The summed E-state index contributed by atoms with van der Waals surface area (Å²) in [6.45, 7) is -0.628. The maximum Gasteiger partial charge on any atom is 0.387 e. The van der Waals surface area contributed by atoms with E-state index in [0.717, 1.165) is 5.56 Å². The van der Waals surface area contributed by atoms with Gasteiger partial charge in [-0.05, 0) is 24.6 Å². The first kappa shape index (κ1) is 15.8. The number of ether oxygens (including phenoxy) is 1. The van der Waals surface area contributed by atoms with Gasteiger partial charge in [-0.25, -0.2) is 8.42 Å². The Morgan fingerprint density at radius 1 is 1.26 bits per heavy atom. The van der Waals surface area contributed by atoms with E-state index in [9.17, 15) is 17.2 Å². The highest BCUT2D eigenvalue weighted by Crippen LogP contribution is 2.18. The average Bonchev–Trinajstić information content (AvgIpc) is 2.27. The highest BCUT2D eigenvalue weighted by molar-refractivity contribution is 7.90. The minimum atomic E-state index is -2.99. The molecular formula is C12H17F2NO3S. The van der Waals surface area contributed by atoms with E-state index >= 15 is 0 Å². The fourth-order valence-corrected chi connectivity index (χ4v) is 2.01. The minimum Gasteiger partial charge on any atom is -0.435 e. The van der Waals surface area contributed by atoms with E-state index in [0.29, 0.717) is 6.54 Å². The molecule has 0 aromatic heterocycles. The Labute approximate surface area is 111 Å². The summed E-state index contributed by atoms with van der Waals surface area (Å²) in [7, 11) is -2.99. The first-order chi connectivity index (χ1) is 8.78. The maximum absolute atomic E-state index is 12.0. The van der Waals surface area contributed by atoms with Crippen molar-refractivity contribution in [3.8, 4) is 5.75 Å². The van der Waals surface area contributed by atoms with Crippen molar-refractivity contribution in [3.63, 3.8) is 0 Å². The van der Waals surface area contributed by atoms with Crippen molar-refractivity contribution in [3.05, 3.63) is 29.8 Å². The van der Waals surface area contributed by atoms with Gasteiger partial charge in [0.15, 0.2) is 0 Å². The van der Waals surface area contributed by atoms with E-state index in [-0.39, 0.29) is 17.5 Å². The summed E-state index contributed by atoms with van der Waals surface area (Å²) in [5, 5.41) is 3.05. The van der Waals surface area contributed by atoms with Gasteiger partial charge in [0.1, 0.15) is 15.6 Å². The minimum absolute atomic E-state index is 0.0594. The van der Waals surface area contributed by atoms with Crippen LogP contribution in [-0.2, 0) is 9.84 Å². The molecule has 0 saturated carbocycles. The molecule has 0 spiro atoms. The molecule has 0 saturated heterocycles. The molecule has 1 aromatic rings. The zero-order chi connectivity index (χ0) is 14.5. The molecule has 0 bridgehead atoms. The first-order valence-electron chi connectivity index (χ1n) is 5.74. The molecule has 0 radical (unpaired) electrons. The standard InChI is InChI=1S/C12H17F2NO3S/c1-9(15-7-8-19(2,16)17)10-3-5-11(6-4-10)18-12(13)14/h3-6,9,12,15H,7-8H2,1-2H3. The zero-order valence-electron chi connectivity index (χ0n) is 10.8. The maximum atomic E-state index is 12.0. The molecule has 0 aliphatic carbocycles. The smallest absolute Gasteiger partial charge is 0.387 e. The molecule has 0 heterocycles. The summed E-state index contributed by atoms with van der Waals surface area (Å²) >= 11 is 0. The Morgan fingerprint density at radius 2 is 1.84 bits per heavy atom. The summed E-state index contributed by atoms with van der Waals surface area (Å²) in [6, 6.07) is 6.17. The molecule has 1 N–H and O–H groups in total. The van der Waals surface area contributed by atoms with Gasteiger partial charge < -0.3 is 10.1 Å². The highest BCUT2D eigenvalue weighted by atomic mass is 32.2. The third-order valence-electron chi connectivity index (χ3n) is 2.53. The van der Waals surface area contributed by atoms with Crippen molar-refractivity contribution in [2.45, 2.75) is 19.6 Å². The molecule has 4 nitrogen and oxygen atoms in total. The monoisotopic (exact) mass is 293 g/mol. The van der Waals surface area contributed by atoms with Crippen molar-refractivity contribution in [1.29, 1.82) is 0 Å². The third-order valence-corrected chi connectivity index (χ3v) is 3.47. The largest absolute Gasteiger partial charge is 0.435 e. The number of rotatable bonds is 7. The number of alkyl halides is 2. The van der Waals surface area contributed by atoms with Gasteiger partial charge >= 0.3 is 6.61 Å². The van der Waals surface area contributed by atoms with Crippen molar-refractivity contribution in [1.82, 2.24) is 5.32 Å². The molecule has 1 rings (SSSR count). The Balaban J connectivity index is 2.51. The van der Waals surface area contributed by atoms with E-state index in [4.69, 9.17) is 0 Å². The highest BCUT2D eigenvalue weighted by Gasteiger charge is 2.08. The summed E-state index contributed by atoms with van der Waals surface area (Å²) < 4.78 is 50.1. The summed E-state index contributed by atoms with van der Waals surface area (Å²) in [6.07, 6.45) is 1.18. The van der Waals surface area contributed by atoms with E-state index in [1.165, 1.54) is 18.4 Å². The lowest BCUT2D eigenvalue weighted by molar-refractivity contribution is -0.0498. The molecule has 1 aromatic carbocycles. The Hall–Kier alpha value is -1.21. The predicted octanol–water partition coefficient (Wildman–Crippen LogP) is 1.98. The molecule has 0 aliphatic rings. The van der Waals surface area contributed by atoms with Gasteiger partial charge in [-0.2, -0.15) is 8.78 Å². The summed E-state index contributed by atoms with van der Waals surface area (Å²) in [5.41, 5.74) is 0.870. The number of hydrogen-bond donors (Lipinski definition) is 1. The van der Waals surface area contributed by atoms with Crippen LogP contribution >= 0.6 is 0 Å². The fraction of sp³-hybridized carbons (Fsp3) is 0.500. The van der Waals surface area contributed by atoms with Gasteiger partial charge in [0.25, 0.3) is 0 Å². The average molecular weight is 293 g/mol. The van der Waals surface area contributed by atoms with Gasteiger partial charge in [0, 0.05) is 18.8 Å². The van der Waals surface area contributed by atoms with Crippen molar-refractivity contribution in [2.24, 2.45) is 0 Å². The molecule has 1 atom stereocenters. The molecule has 7 heteroatoms. The molecule has 0 amide bonds. The van der Waals surface area contributed by atoms with Crippen molar-refractivity contribution < 1.29 is 21.9 Å². The molecule has 1 unspecified atom stereocenters.